The van der Waals surface area contributed by atoms with Gasteiger partial charge in [-0.2, -0.15) is 0 Å². The van der Waals surface area contributed by atoms with E-state index in [1.807, 2.05) is 13.8 Å². The monoisotopic (exact) mass is 156 g/mol. The number of rotatable bonds is 4. The van der Waals surface area contributed by atoms with E-state index in [1.54, 1.807) is 6.41 Å². The molecule has 0 aliphatic carbocycles. The fraction of sp³-hybridized carbons (Fsp3) is 0.889. The molecule has 0 unspecified atom stereocenters. The molecule has 0 aliphatic heterocycles. The first-order valence-electron chi connectivity index (χ1n) is 4.01. The molecule has 1 radical (unpaired) electrons. The Balaban J connectivity index is 4.38. The predicted octanol–water partition coefficient (Wildman–Crippen LogP) is 1.86. The van der Waals surface area contributed by atoms with Crippen molar-refractivity contribution in [3.05, 3.63) is 0 Å². The van der Waals surface area contributed by atoms with Crippen molar-refractivity contribution in [2.75, 3.05) is 0 Å². The number of nitrogens with one attached hydrogen (secondary N) is 1. The Bertz CT molecular complexity index is 138. The van der Waals surface area contributed by atoms with Gasteiger partial charge in [-0.05, 0) is 25.7 Å². The van der Waals surface area contributed by atoms with Crippen LogP contribution in [0.2, 0.25) is 0 Å². The molecule has 0 aliphatic rings. The summed E-state index contributed by atoms with van der Waals surface area (Å²) in [5.74, 6) is 0. The van der Waals surface area contributed by atoms with Gasteiger partial charge in [-0.15, -0.1) is 0 Å². The molecule has 0 heterocycles. The van der Waals surface area contributed by atoms with Gasteiger partial charge >= 0.3 is 6.41 Å². The molecule has 65 valence electrons. The summed E-state index contributed by atoms with van der Waals surface area (Å²) < 4.78 is 0. The lowest BCUT2D eigenvalue weighted by Gasteiger charge is -2.40. The van der Waals surface area contributed by atoms with E-state index in [9.17, 15) is 4.79 Å². The van der Waals surface area contributed by atoms with Crippen LogP contribution in [0.1, 0.15) is 41.0 Å². The molecule has 0 aromatic heterocycles. The molecule has 2 heteroatoms. The van der Waals surface area contributed by atoms with Gasteiger partial charge in [0.25, 0.3) is 0 Å². The van der Waals surface area contributed by atoms with E-state index >= 15 is 0 Å². The van der Waals surface area contributed by atoms with Gasteiger partial charge in [0, 0.05) is 5.54 Å². The summed E-state index contributed by atoms with van der Waals surface area (Å²) in [6.45, 7) is 10.4. The van der Waals surface area contributed by atoms with Gasteiger partial charge in [0.2, 0.25) is 0 Å². The first kappa shape index (κ1) is 10.5. The third-order valence-corrected chi connectivity index (χ3v) is 2.94. The van der Waals surface area contributed by atoms with Crippen molar-refractivity contribution in [3.8, 4) is 0 Å². The Kier molecular flexibility index (Phi) is 3.09. The van der Waals surface area contributed by atoms with Gasteiger partial charge in [0.05, 0.1) is 0 Å². The third-order valence-electron chi connectivity index (χ3n) is 2.94. The van der Waals surface area contributed by atoms with E-state index in [4.69, 9.17) is 0 Å². The van der Waals surface area contributed by atoms with Gasteiger partial charge in [0.1, 0.15) is 0 Å². The SMILES string of the molecule is CCC(C)(C)C(C)(C)N[C]=O. The average Bonchev–Trinajstić information content (AvgIpc) is 1.87. The second-order valence-corrected chi connectivity index (χ2v) is 4.09. The molecule has 0 spiro atoms. The first-order chi connectivity index (χ1) is 4.87. The van der Waals surface area contributed by atoms with Crippen LogP contribution in [0, 0.1) is 5.41 Å². The maximum absolute atomic E-state index is 10.1. The average molecular weight is 156 g/mol. The van der Waals surface area contributed by atoms with Gasteiger partial charge < -0.3 is 5.32 Å². The molecule has 0 aromatic carbocycles. The van der Waals surface area contributed by atoms with Crippen LogP contribution >= 0.6 is 0 Å². The zero-order valence-electron chi connectivity index (χ0n) is 8.12. The van der Waals surface area contributed by atoms with Crippen LogP contribution < -0.4 is 5.32 Å². The van der Waals surface area contributed by atoms with Crippen LogP contribution in [0.15, 0.2) is 0 Å². The summed E-state index contributed by atoms with van der Waals surface area (Å²) in [4.78, 5) is 10.1. The molecule has 1 amide bonds. The maximum Gasteiger partial charge on any atom is 0.309 e. The van der Waals surface area contributed by atoms with E-state index in [2.05, 4.69) is 26.1 Å². The van der Waals surface area contributed by atoms with Crippen molar-refractivity contribution in [2.45, 2.75) is 46.6 Å². The fourth-order valence-electron chi connectivity index (χ4n) is 0.739. The summed E-state index contributed by atoms with van der Waals surface area (Å²) in [5.41, 5.74) is -0.0616. The van der Waals surface area contributed by atoms with Crippen molar-refractivity contribution in [2.24, 2.45) is 5.41 Å². The number of carbonyl (C=O) groups excluding carboxylic acids is 1. The van der Waals surface area contributed by atoms with Crippen molar-refractivity contribution in [3.63, 3.8) is 0 Å². The van der Waals surface area contributed by atoms with Crippen molar-refractivity contribution < 1.29 is 4.79 Å². The van der Waals surface area contributed by atoms with E-state index in [-0.39, 0.29) is 11.0 Å². The van der Waals surface area contributed by atoms with Crippen LogP contribution in [-0.4, -0.2) is 11.9 Å². The Hall–Kier alpha value is -0.530. The second-order valence-electron chi connectivity index (χ2n) is 4.09. The number of hydrogen-bond acceptors (Lipinski definition) is 1. The highest BCUT2D eigenvalue weighted by molar-refractivity contribution is 5.49. The molecule has 0 bridgehead atoms. The van der Waals surface area contributed by atoms with E-state index in [1.165, 1.54) is 0 Å². The van der Waals surface area contributed by atoms with Gasteiger partial charge in [-0.25, -0.2) is 0 Å². The molecule has 0 aromatic rings. The largest absolute Gasteiger partial charge is 0.342 e. The quantitative estimate of drug-likeness (QED) is 0.618. The maximum atomic E-state index is 10.1. The predicted molar refractivity (Wildman–Crippen MR) is 47.0 cm³/mol. The normalized spacial score (nSPS) is 12.8. The van der Waals surface area contributed by atoms with Gasteiger partial charge in [0.15, 0.2) is 0 Å². The first-order valence-corrected chi connectivity index (χ1v) is 4.01. The zero-order valence-corrected chi connectivity index (χ0v) is 8.12. The summed E-state index contributed by atoms with van der Waals surface area (Å²) in [6, 6.07) is 0. The molecule has 0 saturated heterocycles. The number of amides is 1. The molecule has 1 N–H and O–H groups in total. The molecular weight excluding hydrogens is 138 g/mol. The highest BCUT2D eigenvalue weighted by Gasteiger charge is 2.34. The minimum Gasteiger partial charge on any atom is -0.342 e. The van der Waals surface area contributed by atoms with Crippen molar-refractivity contribution >= 4 is 6.41 Å². The zero-order chi connectivity index (χ0) is 9.12. The fourth-order valence-corrected chi connectivity index (χ4v) is 0.739. The Labute approximate surface area is 69.4 Å². The summed E-state index contributed by atoms with van der Waals surface area (Å²) in [6.07, 6.45) is 2.78. The molecular formula is C9H18NO. The van der Waals surface area contributed by atoms with Crippen LogP contribution in [0.3, 0.4) is 0 Å². The summed E-state index contributed by atoms with van der Waals surface area (Å²) in [5, 5.41) is 2.71. The van der Waals surface area contributed by atoms with E-state index < -0.39 is 0 Å². The van der Waals surface area contributed by atoms with Crippen LogP contribution in [0.25, 0.3) is 0 Å². The summed E-state index contributed by atoms with van der Waals surface area (Å²) in [7, 11) is 0. The standard InChI is InChI=1S/C9H18NO/c1-6-8(2,3)9(4,5)10-7-11/h6H2,1-5H3,(H,10,11). The van der Waals surface area contributed by atoms with Crippen LogP contribution in [0.4, 0.5) is 0 Å². The molecule has 0 fully saturated rings. The van der Waals surface area contributed by atoms with Crippen molar-refractivity contribution in [1.29, 1.82) is 0 Å². The highest BCUT2D eigenvalue weighted by Crippen LogP contribution is 2.32. The van der Waals surface area contributed by atoms with Gasteiger partial charge in [-0.3, -0.25) is 4.79 Å². The molecule has 2 nitrogen and oxygen atoms in total. The van der Waals surface area contributed by atoms with Gasteiger partial charge in [-0.1, -0.05) is 20.8 Å². The molecule has 11 heavy (non-hydrogen) atoms. The highest BCUT2D eigenvalue weighted by atomic mass is 16.1. The smallest absolute Gasteiger partial charge is 0.309 e. The summed E-state index contributed by atoms with van der Waals surface area (Å²) >= 11 is 0. The lowest BCUT2D eigenvalue weighted by atomic mass is 9.73. The minimum absolute atomic E-state index is 0.115. The Morgan fingerprint density at radius 1 is 1.27 bits per heavy atom. The Morgan fingerprint density at radius 2 is 1.73 bits per heavy atom. The van der Waals surface area contributed by atoms with Crippen LogP contribution in [0.5, 0.6) is 0 Å². The third kappa shape index (κ3) is 2.21. The van der Waals surface area contributed by atoms with Crippen LogP contribution in [-0.2, 0) is 4.79 Å². The topological polar surface area (TPSA) is 29.1 Å². The lowest BCUT2D eigenvalue weighted by molar-refractivity contribution is 0.170. The molecule has 0 saturated carbocycles. The molecule has 0 rings (SSSR count). The minimum atomic E-state index is -0.177. The van der Waals surface area contributed by atoms with E-state index in [0.717, 1.165) is 6.42 Å². The molecule has 0 atom stereocenters. The van der Waals surface area contributed by atoms with Crippen molar-refractivity contribution in [1.82, 2.24) is 5.32 Å². The lowest BCUT2D eigenvalue weighted by Crippen LogP contribution is -2.50. The number of hydrogen-bond donors (Lipinski definition) is 1. The van der Waals surface area contributed by atoms with E-state index in [0.29, 0.717) is 0 Å². The second kappa shape index (κ2) is 3.24. The Morgan fingerprint density at radius 3 is 2.00 bits per heavy atom.